The van der Waals surface area contributed by atoms with E-state index in [4.69, 9.17) is 4.74 Å². The largest absolute Gasteiger partial charge is 0.389 e. The Labute approximate surface area is 160 Å². The molecule has 7 heteroatoms. The molecule has 0 aliphatic carbocycles. The van der Waals surface area contributed by atoms with Crippen LogP contribution in [0.1, 0.15) is 16.7 Å². The Bertz CT molecular complexity index is 851. The van der Waals surface area contributed by atoms with Crippen molar-refractivity contribution in [1.82, 2.24) is 10.0 Å². The summed E-state index contributed by atoms with van der Waals surface area (Å²) in [5.74, 6) is 0. The molecule has 3 atom stereocenters. The molecule has 1 heterocycles. The first-order valence-corrected chi connectivity index (χ1v) is 10.5. The third-order valence-electron chi connectivity index (χ3n) is 4.78. The molecule has 0 aromatic heterocycles. The average molecular weight is 391 g/mol. The van der Waals surface area contributed by atoms with E-state index in [1.807, 2.05) is 38.1 Å². The molecule has 3 rings (SSSR count). The van der Waals surface area contributed by atoms with E-state index in [0.717, 1.165) is 11.1 Å². The maximum atomic E-state index is 12.4. The molecule has 6 nitrogen and oxygen atoms in total. The van der Waals surface area contributed by atoms with Crippen molar-refractivity contribution in [2.75, 3.05) is 13.2 Å². The molecule has 0 radical (unpaired) electrons. The third kappa shape index (κ3) is 5.15. The SMILES string of the molecule is Cc1ccc(CN[C@@H]2CO[C@H](CNS(=O)(=O)c3ccc(C)cc3)[C@H]2O)cc1. The number of aliphatic hydroxyl groups excluding tert-OH is 1. The van der Waals surface area contributed by atoms with E-state index in [1.54, 1.807) is 24.3 Å². The molecule has 2 aromatic rings. The maximum absolute atomic E-state index is 12.4. The minimum absolute atomic E-state index is 0.0279. The average Bonchev–Trinajstić information content (AvgIpc) is 3.00. The van der Waals surface area contributed by atoms with E-state index in [2.05, 4.69) is 10.0 Å². The predicted molar refractivity (Wildman–Crippen MR) is 104 cm³/mol. The van der Waals surface area contributed by atoms with Gasteiger partial charge in [-0.1, -0.05) is 47.5 Å². The minimum atomic E-state index is -3.63. The highest BCUT2D eigenvalue weighted by Crippen LogP contribution is 2.16. The first kappa shape index (κ1) is 20.0. The summed E-state index contributed by atoms with van der Waals surface area (Å²) in [6, 6.07) is 14.6. The quantitative estimate of drug-likeness (QED) is 0.667. The van der Waals surface area contributed by atoms with Crippen LogP contribution in [-0.4, -0.2) is 44.9 Å². The number of aliphatic hydroxyl groups is 1. The van der Waals surface area contributed by atoms with Gasteiger partial charge in [0.05, 0.1) is 29.8 Å². The summed E-state index contributed by atoms with van der Waals surface area (Å²) in [6.45, 7) is 4.92. The number of hydrogen-bond acceptors (Lipinski definition) is 5. The second-order valence-electron chi connectivity index (χ2n) is 7.00. The van der Waals surface area contributed by atoms with Crippen molar-refractivity contribution >= 4 is 10.0 Å². The molecule has 1 aliphatic rings. The van der Waals surface area contributed by atoms with Gasteiger partial charge in [0.15, 0.2) is 0 Å². The summed E-state index contributed by atoms with van der Waals surface area (Å²) in [5.41, 5.74) is 3.31. The molecule has 1 saturated heterocycles. The summed E-state index contributed by atoms with van der Waals surface area (Å²) in [4.78, 5) is 0.203. The number of aryl methyl sites for hydroxylation is 2. The van der Waals surface area contributed by atoms with Crippen LogP contribution in [0, 0.1) is 13.8 Å². The van der Waals surface area contributed by atoms with Gasteiger partial charge < -0.3 is 15.2 Å². The van der Waals surface area contributed by atoms with Gasteiger partial charge in [-0.05, 0) is 31.5 Å². The lowest BCUT2D eigenvalue weighted by atomic mass is 10.1. The highest BCUT2D eigenvalue weighted by Gasteiger charge is 2.36. The normalized spacial score (nSPS) is 22.9. The summed E-state index contributed by atoms with van der Waals surface area (Å²) >= 11 is 0. The zero-order valence-corrected chi connectivity index (χ0v) is 16.4. The van der Waals surface area contributed by atoms with Gasteiger partial charge in [0.2, 0.25) is 10.0 Å². The van der Waals surface area contributed by atoms with E-state index in [-0.39, 0.29) is 17.5 Å². The molecular formula is C20H26N2O4S. The number of sulfonamides is 1. The van der Waals surface area contributed by atoms with Gasteiger partial charge in [0.1, 0.15) is 0 Å². The number of hydrogen-bond donors (Lipinski definition) is 3. The summed E-state index contributed by atoms with van der Waals surface area (Å²) in [5, 5.41) is 13.7. The fourth-order valence-electron chi connectivity index (χ4n) is 2.99. The fraction of sp³-hybridized carbons (Fsp3) is 0.400. The Balaban J connectivity index is 1.51. The molecule has 27 heavy (non-hydrogen) atoms. The maximum Gasteiger partial charge on any atom is 0.240 e. The number of benzene rings is 2. The zero-order valence-electron chi connectivity index (χ0n) is 15.6. The molecular weight excluding hydrogens is 364 g/mol. The van der Waals surface area contributed by atoms with E-state index >= 15 is 0 Å². The van der Waals surface area contributed by atoms with Crippen LogP contribution in [0.2, 0.25) is 0 Å². The molecule has 0 unspecified atom stereocenters. The second-order valence-corrected chi connectivity index (χ2v) is 8.77. The van der Waals surface area contributed by atoms with Crippen molar-refractivity contribution < 1.29 is 18.3 Å². The Morgan fingerprint density at radius 3 is 2.26 bits per heavy atom. The lowest BCUT2D eigenvalue weighted by Crippen LogP contribution is -2.44. The van der Waals surface area contributed by atoms with Crippen molar-refractivity contribution in [3.63, 3.8) is 0 Å². The molecule has 1 aliphatic heterocycles. The minimum Gasteiger partial charge on any atom is -0.389 e. The second kappa shape index (κ2) is 8.50. The molecule has 0 amide bonds. The van der Waals surface area contributed by atoms with Crippen LogP contribution in [-0.2, 0) is 21.3 Å². The van der Waals surface area contributed by atoms with Crippen LogP contribution in [0.5, 0.6) is 0 Å². The molecule has 1 fully saturated rings. The van der Waals surface area contributed by atoms with Gasteiger partial charge in [0.25, 0.3) is 0 Å². The van der Waals surface area contributed by atoms with Gasteiger partial charge in [-0.2, -0.15) is 0 Å². The Morgan fingerprint density at radius 1 is 1.04 bits per heavy atom. The van der Waals surface area contributed by atoms with Crippen LogP contribution in [0.15, 0.2) is 53.4 Å². The van der Waals surface area contributed by atoms with Crippen LogP contribution < -0.4 is 10.0 Å². The van der Waals surface area contributed by atoms with Crippen molar-refractivity contribution in [3.05, 3.63) is 65.2 Å². The number of rotatable bonds is 7. The summed E-state index contributed by atoms with van der Waals surface area (Å²) in [7, 11) is -3.63. The first-order chi connectivity index (χ1) is 12.8. The lowest BCUT2D eigenvalue weighted by molar-refractivity contribution is 0.0443. The smallest absolute Gasteiger partial charge is 0.240 e. The monoisotopic (exact) mass is 390 g/mol. The van der Waals surface area contributed by atoms with Crippen molar-refractivity contribution in [1.29, 1.82) is 0 Å². The summed E-state index contributed by atoms with van der Waals surface area (Å²) in [6.07, 6.45) is -1.36. The molecule has 0 bridgehead atoms. The van der Waals surface area contributed by atoms with E-state index in [9.17, 15) is 13.5 Å². The molecule has 146 valence electrons. The van der Waals surface area contributed by atoms with Crippen LogP contribution in [0.25, 0.3) is 0 Å². The fourth-order valence-corrected chi connectivity index (χ4v) is 4.04. The predicted octanol–water partition coefficient (Wildman–Crippen LogP) is 1.50. The van der Waals surface area contributed by atoms with Crippen LogP contribution in [0.3, 0.4) is 0 Å². The topological polar surface area (TPSA) is 87.7 Å². The van der Waals surface area contributed by atoms with E-state index < -0.39 is 22.2 Å². The Kier molecular flexibility index (Phi) is 6.29. The van der Waals surface area contributed by atoms with Crippen molar-refractivity contribution in [3.8, 4) is 0 Å². The van der Waals surface area contributed by atoms with Gasteiger partial charge >= 0.3 is 0 Å². The first-order valence-electron chi connectivity index (χ1n) is 9.00. The molecule has 2 aromatic carbocycles. The highest BCUT2D eigenvalue weighted by molar-refractivity contribution is 7.89. The third-order valence-corrected chi connectivity index (χ3v) is 6.22. The van der Waals surface area contributed by atoms with Crippen molar-refractivity contribution in [2.45, 2.75) is 43.5 Å². The van der Waals surface area contributed by atoms with Gasteiger partial charge in [-0.15, -0.1) is 0 Å². The van der Waals surface area contributed by atoms with Gasteiger partial charge in [-0.25, -0.2) is 13.1 Å². The van der Waals surface area contributed by atoms with Crippen LogP contribution >= 0.6 is 0 Å². The molecule has 0 saturated carbocycles. The molecule has 0 spiro atoms. The highest BCUT2D eigenvalue weighted by atomic mass is 32.2. The Hall–Kier alpha value is -1.77. The molecule has 3 N–H and O–H groups in total. The number of nitrogens with one attached hydrogen (secondary N) is 2. The Morgan fingerprint density at radius 2 is 1.63 bits per heavy atom. The summed E-state index contributed by atoms with van der Waals surface area (Å²) < 4.78 is 32.8. The standard InChI is InChI=1S/C20H26N2O4S/c1-14-3-7-16(8-4-14)11-21-18-13-26-19(20(18)23)12-22-27(24,25)17-9-5-15(2)6-10-17/h3-10,18-23H,11-13H2,1-2H3/t18-,19-,20+/m1/s1. The van der Waals surface area contributed by atoms with E-state index in [1.165, 1.54) is 5.56 Å². The van der Waals surface area contributed by atoms with Crippen molar-refractivity contribution in [2.24, 2.45) is 0 Å². The lowest BCUT2D eigenvalue weighted by Gasteiger charge is -2.19. The van der Waals surface area contributed by atoms with Gasteiger partial charge in [-0.3, -0.25) is 0 Å². The van der Waals surface area contributed by atoms with E-state index in [0.29, 0.717) is 13.2 Å². The number of ether oxygens (including phenoxy) is 1. The zero-order chi connectivity index (χ0) is 19.4. The van der Waals surface area contributed by atoms with Gasteiger partial charge in [0, 0.05) is 13.1 Å². The van der Waals surface area contributed by atoms with Crippen LogP contribution in [0.4, 0.5) is 0 Å².